The number of nitrogens with zero attached hydrogens (tertiary/aromatic N) is 4. The summed E-state index contributed by atoms with van der Waals surface area (Å²) in [7, 11) is 1.54. The summed E-state index contributed by atoms with van der Waals surface area (Å²) in [5.74, 6) is 0.655. The van der Waals surface area contributed by atoms with E-state index in [1.165, 1.54) is 4.80 Å². The molecule has 3 aromatic rings. The second-order valence-electron chi connectivity index (χ2n) is 4.87. The van der Waals surface area contributed by atoms with E-state index in [4.69, 9.17) is 16.3 Å². The molecule has 7 nitrogen and oxygen atoms in total. The Morgan fingerprint density at radius 3 is 2.75 bits per heavy atom. The van der Waals surface area contributed by atoms with E-state index in [1.807, 2.05) is 18.2 Å². The lowest BCUT2D eigenvalue weighted by Gasteiger charge is -2.09. The van der Waals surface area contributed by atoms with Gasteiger partial charge in [0.05, 0.1) is 17.8 Å². The average Bonchev–Trinajstić information content (AvgIpc) is 3.04. The van der Waals surface area contributed by atoms with Crippen LogP contribution in [-0.2, 0) is 11.3 Å². The number of rotatable bonds is 5. The van der Waals surface area contributed by atoms with Gasteiger partial charge in [0.15, 0.2) is 0 Å². The maximum absolute atomic E-state index is 12.1. The van der Waals surface area contributed by atoms with Crippen molar-refractivity contribution in [2.24, 2.45) is 0 Å². The molecule has 0 aliphatic rings. The van der Waals surface area contributed by atoms with E-state index in [0.29, 0.717) is 27.8 Å². The molecule has 1 heterocycles. The second-order valence-corrected chi connectivity index (χ2v) is 5.28. The third-order valence-electron chi connectivity index (χ3n) is 3.23. The first-order valence-corrected chi connectivity index (χ1v) is 7.51. The molecule has 0 unspecified atom stereocenters. The van der Waals surface area contributed by atoms with Gasteiger partial charge < -0.3 is 10.1 Å². The van der Waals surface area contributed by atoms with E-state index >= 15 is 0 Å². The number of amides is 1. The highest BCUT2D eigenvalue weighted by molar-refractivity contribution is 6.33. The van der Waals surface area contributed by atoms with E-state index in [0.717, 1.165) is 0 Å². The van der Waals surface area contributed by atoms with Crippen LogP contribution in [0.25, 0.3) is 11.4 Å². The van der Waals surface area contributed by atoms with Crippen LogP contribution in [0.2, 0.25) is 5.02 Å². The van der Waals surface area contributed by atoms with Crippen LogP contribution < -0.4 is 10.1 Å². The Labute approximate surface area is 143 Å². The molecule has 0 saturated heterocycles. The molecule has 0 saturated carbocycles. The number of nitrogens with one attached hydrogen (secondary N) is 1. The van der Waals surface area contributed by atoms with E-state index in [1.54, 1.807) is 37.4 Å². The topological polar surface area (TPSA) is 81.9 Å². The Morgan fingerprint density at radius 2 is 1.96 bits per heavy atom. The van der Waals surface area contributed by atoms with Gasteiger partial charge in [-0.1, -0.05) is 35.9 Å². The van der Waals surface area contributed by atoms with Crippen molar-refractivity contribution in [2.45, 2.75) is 6.54 Å². The van der Waals surface area contributed by atoms with Crippen molar-refractivity contribution in [2.75, 3.05) is 12.4 Å². The molecular weight excluding hydrogens is 330 g/mol. The molecule has 0 radical (unpaired) electrons. The Hall–Kier alpha value is -2.93. The zero-order valence-corrected chi connectivity index (χ0v) is 13.6. The average molecular weight is 344 g/mol. The zero-order chi connectivity index (χ0) is 16.9. The summed E-state index contributed by atoms with van der Waals surface area (Å²) in [4.78, 5) is 13.4. The summed E-state index contributed by atoms with van der Waals surface area (Å²) in [6.07, 6.45) is 0. The van der Waals surface area contributed by atoms with E-state index in [-0.39, 0.29) is 12.5 Å². The van der Waals surface area contributed by atoms with Crippen molar-refractivity contribution in [1.82, 2.24) is 20.2 Å². The maximum Gasteiger partial charge on any atom is 0.248 e. The van der Waals surface area contributed by atoms with Gasteiger partial charge in [-0.15, -0.1) is 10.2 Å². The van der Waals surface area contributed by atoms with Gasteiger partial charge in [-0.25, -0.2) is 0 Å². The molecule has 3 rings (SSSR count). The molecule has 1 N–H and O–H groups in total. The molecule has 2 aromatic carbocycles. The van der Waals surface area contributed by atoms with Crippen molar-refractivity contribution >= 4 is 23.2 Å². The number of halogens is 1. The summed E-state index contributed by atoms with van der Waals surface area (Å²) in [5.41, 5.74) is 1.24. The van der Waals surface area contributed by atoms with Gasteiger partial charge in [-0.2, -0.15) is 4.80 Å². The van der Waals surface area contributed by atoms with Gasteiger partial charge in [0, 0.05) is 5.56 Å². The maximum atomic E-state index is 12.1. The van der Waals surface area contributed by atoms with Gasteiger partial charge in [-0.3, -0.25) is 4.79 Å². The van der Waals surface area contributed by atoms with Crippen molar-refractivity contribution in [3.8, 4) is 17.1 Å². The van der Waals surface area contributed by atoms with Gasteiger partial charge in [-0.05, 0) is 29.5 Å². The number of carbonyl (C=O) groups is 1. The standard InChI is InChI=1S/C16H14ClN5O2/c1-24-14-9-5-4-8-13(14)18-15(23)10-22-20-16(19-21-22)11-6-2-3-7-12(11)17/h2-9H,10H2,1H3,(H,18,23). The van der Waals surface area contributed by atoms with E-state index in [2.05, 4.69) is 20.7 Å². The Bertz CT molecular complexity index is 865. The number of hydrogen-bond donors (Lipinski definition) is 1. The van der Waals surface area contributed by atoms with Crippen LogP contribution in [-0.4, -0.2) is 33.2 Å². The summed E-state index contributed by atoms with van der Waals surface area (Å²) in [5, 5.41) is 15.3. The number of carbonyl (C=O) groups excluding carboxylic acids is 1. The first-order valence-electron chi connectivity index (χ1n) is 7.13. The third kappa shape index (κ3) is 3.52. The number of tetrazole rings is 1. The van der Waals surface area contributed by atoms with Crippen molar-refractivity contribution in [3.63, 3.8) is 0 Å². The SMILES string of the molecule is COc1ccccc1NC(=O)Cn1nnc(-c2ccccc2Cl)n1. The number of methoxy groups -OCH3 is 1. The molecule has 0 spiro atoms. The van der Waals surface area contributed by atoms with Gasteiger partial charge in [0.1, 0.15) is 12.3 Å². The molecule has 1 amide bonds. The molecule has 0 aliphatic carbocycles. The number of ether oxygens (including phenoxy) is 1. The smallest absolute Gasteiger partial charge is 0.248 e. The molecule has 0 bridgehead atoms. The van der Waals surface area contributed by atoms with Crippen molar-refractivity contribution in [1.29, 1.82) is 0 Å². The molecule has 122 valence electrons. The third-order valence-corrected chi connectivity index (χ3v) is 3.56. The Balaban J connectivity index is 1.71. The van der Waals surface area contributed by atoms with Gasteiger partial charge in [0.2, 0.25) is 11.7 Å². The van der Waals surface area contributed by atoms with E-state index < -0.39 is 0 Å². The molecule has 0 atom stereocenters. The molecule has 1 aromatic heterocycles. The van der Waals surface area contributed by atoms with Gasteiger partial charge in [0.25, 0.3) is 0 Å². The normalized spacial score (nSPS) is 10.4. The number of hydrogen-bond acceptors (Lipinski definition) is 5. The van der Waals surface area contributed by atoms with Crippen molar-refractivity contribution < 1.29 is 9.53 Å². The first-order chi connectivity index (χ1) is 11.7. The molecule has 8 heteroatoms. The highest BCUT2D eigenvalue weighted by atomic mass is 35.5. The minimum absolute atomic E-state index is 0.0739. The summed E-state index contributed by atoms with van der Waals surface area (Å²) in [6, 6.07) is 14.3. The Morgan fingerprint density at radius 1 is 1.21 bits per heavy atom. The van der Waals surface area contributed by atoms with Crippen LogP contribution in [0.1, 0.15) is 0 Å². The largest absolute Gasteiger partial charge is 0.495 e. The lowest BCUT2D eigenvalue weighted by atomic mass is 10.2. The van der Waals surface area contributed by atoms with Crippen LogP contribution in [0.3, 0.4) is 0 Å². The minimum atomic E-state index is -0.289. The number of benzene rings is 2. The predicted octanol–water partition coefficient (Wildman–Crippen LogP) is 2.64. The van der Waals surface area contributed by atoms with Gasteiger partial charge >= 0.3 is 0 Å². The zero-order valence-electron chi connectivity index (χ0n) is 12.8. The van der Waals surface area contributed by atoms with Crippen LogP contribution in [0.5, 0.6) is 5.75 Å². The molecule has 24 heavy (non-hydrogen) atoms. The van der Waals surface area contributed by atoms with Crippen LogP contribution in [0, 0.1) is 0 Å². The van der Waals surface area contributed by atoms with E-state index in [9.17, 15) is 4.79 Å². The minimum Gasteiger partial charge on any atom is -0.495 e. The quantitative estimate of drug-likeness (QED) is 0.770. The monoisotopic (exact) mass is 343 g/mol. The second kappa shape index (κ2) is 7.10. The summed E-state index contributed by atoms with van der Waals surface area (Å²) < 4.78 is 5.19. The predicted molar refractivity (Wildman–Crippen MR) is 89.9 cm³/mol. The first kappa shape index (κ1) is 15.9. The molecule has 0 aliphatic heterocycles. The Kier molecular flexibility index (Phi) is 4.72. The fraction of sp³-hybridized carbons (Fsp3) is 0.125. The van der Waals surface area contributed by atoms with Crippen LogP contribution in [0.4, 0.5) is 5.69 Å². The fourth-order valence-electron chi connectivity index (χ4n) is 2.13. The van der Waals surface area contributed by atoms with Crippen molar-refractivity contribution in [3.05, 3.63) is 53.6 Å². The number of aromatic nitrogens is 4. The molecular formula is C16H14ClN5O2. The lowest BCUT2D eigenvalue weighted by Crippen LogP contribution is -2.20. The number of anilines is 1. The van der Waals surface area contributed by atoms with Crippen LogP contribution in [0.15, 0.2) is 48.5 Å². The lowest BCUT2D eigenvalue weighted by molar-refractivity contribution is -0.117. The highest BCUT2D eigenvalue weighted by Gasteiger charge is 2.12. The summed E-state index contributed by atoms with van der Waals surface area (Å²) in [6.45, 7) is -0.0739. The highest BCUT2D eigenvalue weighted by Crippen LogP contribution is 2.24. The van der Waals surface area contributed by atoms with Crippen LogP contribution >= 0.6 is 11.6 Å². The number of para-hydroxylation sites is 2. The summed E-state index contributed by atoms with van der Waals surface area (Å²) >= 11 is 6.10. The fourth-order valence-corrected chi connectivity index (χ4v) is 2.35. The molecule has 0 fully saturated rings.